The van der Waals surface area contributed by atoms with Gasteiger partial charge in [0.1, 0.15) is 17.5 Å². The zero-order valence-electron chi connectivity index (χ0n) is 10.0. The van der Waals surface area contributed by atoms with E-state index < -0.39 is 0 Å². The average Bonchev–Trinajstić information content (AvgIpc) is 2.63. The number of amides is 1. The average molecular weight is 235 g/mol. The van der Waals surface area contributed by atoms with Crippen LogP contribution in [-0.2, 0) is 4.79 Å². The third-order valence-electron chi connectivity index (χ3n) is 2.61. The summed E-state index contributed by atoms with van der Waals surface area (Å²) in [6.45, 7) is 4.65. The van der Waals surface area contributed by atoms with Gasteiger partial charge in [0, 0.05) is 24.9 Å². The van der Waals surface area contributed by atoms with Crippen LogP contribution in [0.25, 0.3) is 0 Å². The summed E-state index contributed by atoms with van der Waals surface area (Å²) < 4.78 is 0. The zero-order chi connectivity index (χ0) is 12.4. The summed E-state index contributed by atoms with van der Waals surface area (Å²) in [5.74, 6) is 2.13. The molecule has 1 amide bonds. The first kappa shape index (κ1) is 11.6. The van der Waals surface area contributed by atoms with Gasteiger partial charge in [-0.3, -0.25) is 4.79 Å². The van der Waals surface area contributed by atoms with E-state index in [0.29, 0.717) is 30.4 Å². The van der Waals surface area contributed by atoms with Gasteiger partial charge in [0.2, 0.25) is 5.91 Å². The van der Waals surface area contributed by atoms with Gasteiger partial charge < -0.3 is 16.4 Å². The van der Waals surface area contributed by atoms with E-state index in [4.69, 9.17) is 5.73 Å². The second-order valence-corrected chi connectivity index (χ2v) is 4.54. The maximum atomic E-state index is 11.1. The lowest BCUT2D eigenvalue weighted by atomic mass is 10.2. The molecule has 4 N–H and O–H groups in total. The summed E-state index contributed by atoms with van der Waals surface area (Å²) in [6.07, 6.45) is 0.473. The van der Waals surface area contributed by atoms with Crippen LogP contribution < -0.4 is 16.4 Å². The van der Waals surface area contributed by atoms with Crippen LogP contribution in [0.15, 0.2) is 6.07 Å². The number of aromatic nitrogens is 2. The molecule has 0 saturated carbocycles. The molecule has 0 radical (unpaired) electrons. The standard InChI is InChI=1S/C11H17N5O/c1-6(2)11-15-8(12)4-9(16-11)14-7-3-10(17)13-5-7/h4,6-7H,3,5H2,1-2H3,(H,13,17)(H3,12,14,15,16). The Labute approximate surface area is 100 Å². The van der Waals surface area contributed by atoms with Gasteiger partial charge in [0.15, 0.2) is 0 Å². The zero-order valence-corrected chi connectivity index (χ0v) is 10.0. The van der Waals surface area contributed by atoms with Crippen molar-refractivity contribution >= 4 is 17.5 Å². The molecule has 0 spiro atoms. The van der Waals surface area contributed by atoms with Gasteiger partial charge in [0.25, 0.3) is 0 Å². The molecule has 2 rings (SSSR count). The van der Waals surface area contributed by atoms with E-state index in [1.54, 1.807) is 6.07 Å². The maximum absolute atomic E-state index is 11.1. The lowest BCUT2D eigenvalue weighted by Gasteiger charge is -2.13. The van der Waals surface area contributed by atoms with Crippen molar-refractivity contribution in [1.29, 1.82) is 0 Å². The van der Waals surface area contributed by atoms with Gasteiger partial charge in [-0.1, -0.05) is 13.8 Å². The second kappa shape index (κ2) is 4.57. The van der Waals surface area contributed by atoms with Crippen molar-refractivity contribution in [2.24, 2.45) is 0 Å². The van der Waals surface area contributed by atoms with E-state index in [0.717, 1.165) is 0 Å². The first-order valence-electron chi connectivity index (χ1n) is 5.72. The summed E-state index contributed by atoms with van der Waals surface area (Å²) in [5, 5.41) is 5.96. The molecule has 1 aliphatic rings. The highest BCUT2D eigenvalue weighted by Crippen LogP contribution is 2.16. The number of hydrogen-bond acceptors (Lipinski definition) is 5. The van der Waals surface area contributed by atoms with Gasteiger partial charge >= 0.3 is 0 Å². The fraction of sp³-hybridized carbons (Fsp3) is 0.545. The maximum Gasteiger partial charge on any atom is 0.222 e. The molecule has 1 atom stereocenters. The van der Waals surface area contributed by atoms with E-state index >= 15 is 0 Å². The molecule has 1 aromatic heterocycles. The summed E-state index contributed by atoms with van der Waals surface area (Å²) in [6, 6.07) is 1.77. The van der Waals surface area contributed by atoms with E-state index in [-0.39, 0.29) is 17.9 Å². The van der Waals surface area contributed by atoms with Gasteiger partial charge in [-0.2, -0.15) is 0 Å². The molecule has 1 unspecified atom stereocenters. The first-order chi connectivity index (χ1) is 8.04. The summed E-state index contributed by atoms with van der Waals surface area (Å²) in [5.41, 5.74) is 5.73. The molecule has 1 aromatic rings. The molecule has 6 nitrogen and oxygen atoms in total. The number of nitrogens with two attached hydrogens (primary N) is 1. The molecule has 92 valence electrons. The Morgan fingerprint density at radius 3 is 2.88 bits per heavy atom. The van der Waals surface area contributed by atoms with Crippen molar-refractivity contribution in [3.63, 3.8) is 0 Å². The Kier molecular flexibility index (Phi) is 3.12. The first-order valence-corrected chi connectivity index (χ1v) is 5.72. The highest BCUT2D eigenvalue weighted by molar-refractivity contribution is 5.79. The largest absolute Gasteiger partial charge is 0.384 e. The molecule has 1 aliphatic heterocycles. The number of rotatable bonds is 3. The predicted octanol–water partition coefficient (Wildman–Crippen LogP) is 0.483. The van der Waals surface area contributed by atoms with E-state index in [1.165, 1.54) is 0 Å². The number of nitrogen functional groups attached to an aromatic ring is 1. The molecular formula is C11H17N5O. The second-order valence-electron chi connectivity index (χ2n) is 4.54. The van der Waals surface area contributed by atoms with Crippen LogP contribution in [-0.4, -0.2) is 28.5 Å². The fourth-order valence-electron chi connectivity index (χ4n) is 1.73. The highest BCUT2D eigenvalue weighted by atomic mass is 16.1. The van der Waals surface area contributed by atoms with Crippen LogP contribution in [0.4, 0.5) is 11.6 Å². The van der Waals surface area contributed by atoms with Crippen LogP contribution in [0.2, 0.25) is 0 Å². The monoisotopic (exact) mass is 235 g/mol. The quantitative estimate of drug-likeness (QED) is 0.708. The predicted molar refractivity (Wildman–Crippen MR) is 65.6 cm³/mol. The summed E-state index contributed by atoms with van der Waals surface area (Å²) >= 11 is 0. The van der Waals surface area contributed by atoms with Crippen molar-refractivity contribution in [2.75, 3.05) is 17.6 Å². The third kappa shape index (κ3) is 2.83. The highest BCUT2D eigenvalue weighted by Gasteiger charge is 2.21. The van der Waals surface area contributed by atoms with Gasteiger partial charge in [-0.15, -0.1) is 0 Å². The summed E-state index contributed by atoms with van der Waals surface area (Å²) in [7, 11) is 0. The Bertz CT molecular complexity index is 432. The van der Waals surface area contributed by atoms with Crippen molar-refractivity contribution < 1.29 is 4.79 Å². The van der Waals surface area contributed by atoms with Crippen LogP contribution in [0, 0.1) is 0 Å². The van der Waals surface area contributed by atoms with Crippen LogP contribution in [0.1, 0.15) is 32.0 Å². The topological polar surface area (TPSA) is 92.9 Å². The smallest absolute Gasteiger partial charge is 0.222 e. The number of anilines is 2. The number of carbonyl (C=O) groups excluding carboxylic acids is 1. The number of nitrogens with one attached hydrogen (secondary N) is 2. The lowest BCUT2D eigenvalue weighted by molar-refractivity contribution is -0.119. The van der Waals surface area contributed by atoms with E-state index in [2.05, 4.69) is 20.6 Å². The Hall–Kier alpha value is -1.85. The van der Waals surface area contributed by atoms with Gasteiger partial charge in [-0.25, -0.2) is 9.97 Å². The lowest BCUT2D eigenvalue weighted by Crippen LogP contribution is -2.23. The van der Waals surface area contributed by atoms with E-state index in [9.17, 15) is 4.79 Å². The molecule has 6 heteroatoms. The van der Waals surface area contributed by atoms with Crippen molar-refractivity contribution in [3.05, 3.63) is 11.9 Å². The minimum atomic E-state index is 0.0635. The molecule has 17 heavy (non-hydrogen) atoms. The Morgan fingerprint density at radius 1 is 1.53 bits per heavy atom. The molecular weight excluding hydrogens is 218 g/mol. The van der Waals surface area contributed by atoms with Crippen LogP contribution >= 0.6 is 0 Å². The molecule has 0 bridgehead atoms. The molecule has 0 aliphatic carbocycles. The van der Waals surface area contributed by atoms with Crippen molar-refractivity contribution in [3.8, 4) is 0 Å². The number of hydrogen-bond donors (Lipinski definition) is 3. The number of nitrogens with zero attached hydrogens (tertiary/aromatic N) is 2. The summed E-state index contributed by atoms with van der Waals surface area (Å²) in [4.78, 5) is 19.6. The fourth-order valence-corrected chi connectivity index (χ4v) is 1.73. The van der Waals surface area contributed by atoms with E-state index in [1.807, 2.05) is 13.8 Å². The van der Waals surface area contributed by atoms with Gasteiger partial charge in [-0.05, 0) is 0 Å². The Morgan fingerprint density at radius 2 is 2.29 bits per heavy atom. The number of carbonyl (C=O) groups is 1. The van der Waals surface area contributed by atoms with Gasteiger partial charge in [0.05, 0.1) is 6.04 Å². The minimum absolute atomic E-state index is 0.0635. The molecule has 0 aromatic carbocycles. The molecule has 1 saturated heterocycles. The van der Waals surface area contributed by atoms with Crippen molar-refractivity contribution in [1.82, 2.24) is 15.3 Å². The normalized spacial score (nSPS) is 19.5. The molecule has 1 fully saturated rings. The van der Waals surface area contributed by atoms with Crippen LogP contribution in [0.5, 0.6) is 0 Å². The molecule has 2 heterocycles. The Balaban J connectivity index is 2.12. The van der Waals surface area contributed by atoms with Crippen molar-refractivity contribution in [2.45, 2.75) is 32.2 Å². The minimum Gasteiger partial charge on any atom is -0.384 e. The third-order valence-corrected chi connectivity index (χ3v) is 2.61. The van der Waals surface area contributed by atoms with Crippen LogP contribution in [0.3, 0.4) is 0 Å². The SMILES string of the molecule is CC(C)c1nc(N)cc(NC2CNC(=O)C2)n1.